The number of rotatable bonds is 7. The van der Waals surface area contributed by atoms with E-state index in [0.29, 0.717) is 5.92 Å². The first kappa shape index (κ1) is 18.7. The maximum absolute atomic E-state index is 4.61. The van der Waals surface area contributed by atoms with E-state index in [1.807, 2.05) is 24.6 Å². The van der Waals surface area contributed by atoms with Crippen molar-refractivity contribution in [3.8, 4) is 0 Å². The first-order valence-electron chi connectivity index (χ1n) is 9.41. The molecule has 2 aromatic rings. The molecule has 0 aliphatic carbocycles. The van der Waals surface area contributed by atoms with Crippen LogP contribution in [0.1, 0.15) is 30.2 Å². The van der Waals surface area contributed by atoms with Crippen LogP contribution in [-0.2, 0) is 13.0 Å². The third-order valence-electron chi connectivity index (χ3n) is 4.67. The molecule has 0 aromatic carbocycles. The van der Waals surface area contributed by atoms with Crippen molar-refractivity contribution in [1.29, 1.82) is 0 Å². The smallest absolute Gasteiger partial charge is 0.191 e. The Morgan fingerprint density at radius 3 is 2.77 bits per heavy atom. The van der Waals surface area contributed by atoms with Crippen LogP contribution in [0.4, 0.5) is 5.82 Å². The largest absolute Gasteiger partial charge is 0.357 e. The van der Waals surface area contributed by atoms with Gasteiger partial charge in [-0.2, -0.15) is 0 Å². The van der Waals surface area contributed by atoms with Gasteiger partial charge in [-0.1, -0.05) is 19.1 Å². The van der Waals surface area contributed by atoms with Gasteiger partial charge in [0.15, 0.2) is 5.96 Å². The summed E-state index contributed by atoms with van der Waals surface area (Å²) in [5.74, 6) is 2.50. The van der Waals surface area contributed by atoms with Crippen molar-refractivity contribution in [3.63, 3.8) is 0 Å². The second-order valence-electron chi connectivity index (χ2n) is 6.91. The lowest BCUT2D eigenvalue weighted by molar-refractivity contribution is 0.562. The molecule has 0 spiro atoms. The molecule has 0 radical (unpaired) electrons. The molecule has 26 heavy (non-hydrogen) atoms. The zero-order valence-corrected chi connectivity index (χ0v) is 16.6. The lowest BCUT2D eigenvalue weighted by Crippen LogP contribution is -2.39. The number of nitrogens with zero attached hydrogens (tertiary/aromatic N) is 3. The SMILES string of the molecule is CN=C(NCc1ccc(N2CCCC2)nc1)NCC(C)Cc1cccs1. The van der Waals surface area contributed by atoms with Gasteiger partial charge in [-0.15, -0.1) is 11.3 Å². The number of hydrogen-bond donors (Lipinski definition) is 2. The summed E-state index contributed by atoms with van der Waals surface area (Å²) in [6.45, 7) is 6.16. The minimum absolute atomic E-state index is 0.564. The van der Waals surface area contributed by atoms with Crippen molar-refractivity contribution in [2.24, 2.45) is 10.9 Å². The van der Waals surface area contributed by atoms with Crippen LogP contribution in [0.5, 0.6) is 0 Å². The number of pyridine rings is 1. The van der Waals surface area contributed by atoms with E-state index in [0.717, 1.165) is 44.4 Å². The van der Waals surface area contributed by atoms with Crippen LogP contribution >= 0.6 is 11.3 Å². The molecule has 1 aliphatic rings. The van der Waals surface area contributed by atoms with Crippen LogP contribution in [0.15, 0.2) is 40.8 Å². The van der Waals surface area contributed by atoms with Crippen LogP contribution in [0.25, 0.3) is 0 Å². The Hall–Kier alpha value is -2.08. The molecule has 2 aromatic heterocycles. The molecule has 140 valence electrons. The van der Waals surface area contributed by atoms with Crippen molar-refractivity contribution >= 4 is 23.1 Å². The van der Waals surface area contributed by atoms with Gasteiger partial charge in [0.2, 0.25) is 0 Å². The van der Waals surface area contributed by atoms with E-state index in [4.69, 9.17) is 0 Å². The summed E-state index contributed by atoms with van der Waals surface area (Å²) in [6.07, 6.45) is 5.62. The summed E-state index contributed by atoms with van der Waals surface area (Å²) in [4.78, 5) is 12.7. The van der Waals surface area contributed by atoms with Gasteiger partial charge in [-0.25, -0.2) is 4.98 Å². The highest BCUT2D eigenvalue weighted by Crippen LogP contribution is 2.17. The molecule has 1 aliphatic heterocycles. The van der Waals surface area contributed by atoms with E-state index in [9.17, 15) is 0 Å². The highest BCUT2D eigenvalue weighted by atomic mass is 32.1. The van der Waals surface area contributed by atoms with Gasteiger partial charge in [0, 0.05) is 44.3 Å². The molecule has 5 nitrogen and oxygen atoms in total. The summed E-state index contributed by atoms with van der Waals surface area (Å²) < 4.78 is 0. The Morgan fingerprint density at radius 2 is 2.12 bits per heavy atom. The minimum atomic E-state index is 0.564. The van der Waals surface area contributed by atoms with Crippen LogP contribution in [0, 0.1) is 5.92 Å². The van der Waals surface area contributed by atoms with Crippen LogP contribution in [0.2, 0.25) is 0 Å². The van der Waals surface area contributed by atoms with E-state index in [-0.39, 0.29) is 0 Å². The number of guanidine groups is 1. The van der Waals surface area contributed by atoms with Crippen LogP contribution in [0.3, 0.4) is 0 Å². The Kier molecular flexibility index (Phi) is 6.89. The molecule has 6 heteroatoms. The van der Waals surface area contributed by atoms with Crippen molar-refractivity contribution < 1.29 is 0 Å². The van der Waals surface area contributed by atoms with Crippen molar-refractivity contribution in [2.75, 3.05) is 31.6 Å². The van der Waals surface area contributed by atoms with E-state index in [1.165, 1.54) is 23.3 Å². The zero-order valence-electron chi connectivity index (χ0n) is 15.7. The number of aromatic nitrogens is 1. The average Bonchev–Trinajstić information content (AvgIpc) is 3.36. The molecule has 1 saturated heterocycles. The lowest BCUT2D eigenvalue weighted by atomic mass is 10.1. The Bertz CT molecular complexity index is 675. The summed E-state index contributed by atoms with van der Waals surface area (Å²) >= 11 is 1.82. The van der Waals surface area contributed by atoms with Gasteiger partial charge in [-0.3, -0.25) is 4.99 Å². The third-order valence-corrected chi connectivity index (χ3v) is 5.57. The number of hydrogen-bond acceptors (Lipinski definition) is 4. The first-order valence-corrected chi connectivity index (χ1v) is 10.3. The average molecular weight is 372 g/mol. The van der Waals surface area contributed by atoms with Gasteiger partial charge in [0.05, 0.1) is 0 Å². The summed E-state index contributed by atoms with van der Waals surface area (Å²) in [6, 6.07) is 8.60. The molecular weight excluding hydrogens is 342 g/mol. The molecule has 1 fully saturated rings. The topological polar surface area (TPSA) is 52.6 Å². The summed E-state index contributed by atoms with van der Waals surface area (Å²) in [7, 11) is 1.81. The molecular formula is C20H29N5S. The summed E-state index contributed by atoms with van der Waals surface area (Å²) in [5.41, 5.74) is 1.17. The zero-order chi connectivity index (χ0) is 18.2. The molecule has 3 heterocycles. The van der Waals surface area contributed by atoms with Gasteiger partial charge in [-0.05, 0) is 48.3 Å². The summed E-state index contributed by atoms with van der Waals surface area (Å²) in [5, 5.41) is 8.94. The fourth-order valence-corrected chi connectivity index (χ4v) is 4.05. The second kappa shape index (κ2) is 9.57. The lowest BCUT2D eigenvalue weighted by Gasteiger charge is -2.17. The first-order chi connectivity index (χ1) is 12.7. The predicted molar refractivity (Wildman–Crippen MR) is 111 cm³/mol. The molecule has 0 saturated carbocycles. The second-order valence-corrected chi connectivity index (χ2v) is 7.95. The fraction of sp³-hybridized carbons (Fsp3) is 0.500. The fourth-order valence-electron chi connectivity index (χ4n) is 3.18. The van der Waals surface area contributed by atoms with E-state index in [2.05, 4.69) is 62.1 Å². The number of anilines is 1. The quantitative estimate of drug-likeness (QED) is 0.579. The highest BCUT2D eigenvalue weighted by Gasteiger charge is 2.13. The van der Waals surface area contributed by atoms with E-state index < -0.39 is 0 Å². The van der Waals surface area contributed by atoms with E-state index in [1.54, 1.807) is 0 Å². The van der Waals surface area contributed by atoms with Gasteiger partial charge < -0.3 is 15.5 Å². The van der Waals surface area contributed by atoms with Crippen LogP contribution in [-0.4, -0.2) is 37.6 Å². The Labute approximate surface area is 160 Å². The standard InChI is InChI=1S/C20H29N5S/c1-16(12-18-6-5-11-26-18)13-23-20(21-2)24-15-17-7-8-19(22-14-17)25-9-3-4-10-25/h5-8,11,14,16H,3-4,9-10,12-13,15H2,1-2H3,(H2,21,23,24). The van der Waals surface area contributed by atoms with Crippen molar-refractivity contribution in [3.05, 3.63) is 46.3 Å². The molecule has 0 amide bonds. The molecule has 1 unspecified atom stereocenters. The highest BCUT2D eigenvalue weighted by molar-refractivity contribution is 7.09. The maximum Gasteiger partial charge on any atom is 0.191 e. The van der Waals surface area contributed by atoms with Gasteiger partial charge >= 0.3 is 0 Å². The number of aliphatic imine (C=N–C) groups is 1. The van der Waals surface area contributed by atoms with Crippen molar-refractivity contribution in [2.45, 2.75) is 32.7 Å². The van der Waals surface area contributed by atoms with Gasteiger partial charge in [0.1, 0.15) is 5.82 Å². The normalized spacial score (nSPS) is 15.9. The molecule has 1 atom stereocenters. The molecule has 3 rings (SSSR count). The Morgan fingerprint density at radius 1 is 1.27 bits per heavy atom. The van der Waals surface area contributed by atoms with Crippen molar-refractivity contribution in [1.82, 2.24) is 15.6 Å². The maximum atomic E-state index is 4.61. The Balaban J connectivity index is 1.42. The molecule has 2 N–H and O–H groups in total. The number of nitrogens with one attached hydrogen (secondary N) is 2. The number of thiophene rings is 1. The van der Waals surface area contributed by atoms with Crippen LogP contribution < -0.4 is 15.5 Å². The van der Waals surface area contributed by atoms with Gasteiger partial charge in [0.25, 0.3) is 0 Å². The predicted octanol–water partition coefficient (Wildman–Crippen LogP) is 3.29. The third kappa shape index (κ3) is 5.46. The molecule has 0 bridgehead atoms. The monoisotopic (exact) mass is 371 g/mol. The van der Waals surface area contributed by atoms with E-state index >= 15 is 0 Å². The minimum Gasteiger partial charge on any atom is -0.357 e.